The summed E-state index contributed by atoms with van der Waals surface area (Å²) in [5.74, 6) is 7.20. The Morgan fingerprint density at radius 3 is 1.86 bits per heavy atom. The summed E-state index contributed by atoms with van der Waals surface area (Å²) < 4.78 is 20.6. The molecular formula is C58H62GeN3OPt-. The van der Waals surface area contributed by atoms with E-state index in [4.69, 9.17) is 12.7 Å². The number of phenols is 1. The molecule has 6 aromatic carbocycles. The summed E-state index contributed by atoms with van der Waals surface area (Å²) in [4.78, 5) is 10.5. The van der Waals surface area contributed by atoms with Crippen LogP contribution in [0.1, 0.15) is 87.3 Å². The smallest absolute Gasteiger partial charge is 0 e. The molecule has 0 spiro atoms. The average Bonchev–Trinajstić information content (AvgIpc) is 3.64. The number of pyridine rings is 1. The Morgan fingerprint density at radius 2 is 1.23 bits per heavy atom. The van der Waals surface area contributed by atoms with E-state index >= 15 is 0 Å². The molecule has 0 saturated heterocycles. The van der Waals surface area contributed by atoms with Gasteiger partial charge in [0.25, 0.3) is 0 Å². The Balaban J connectivity index is 0.00000648. The van der Waals surface area contributed by atoms with Crippen molar-refractivity contribution in [3.8, 4) is 67.5 Å². The fourth-order valence-corrected chi connectivity index (χ4v) is 10.5. The van der Waals surface area contributed by atoms with Crippen LogP contribution in [0, 0.1) is 6.07 Å². The second kappa shape index (κ2) is 17.7. The van der Waals surface area contributed by atoms with Crippen LogP contribution in [0.5, 0.6) is 5.75 Å². The minimum Gasteiger partial charge on any atom is 0 e. The Bertz CT molecular complexity index is 3060. The summed E-state index contributed by atoms with van der Waals surface area (Å²) in [6.45, 7) is 19.7. The first-order valence-corrected chi connectivity index (χ1v) is 29.5. The van der Waals surface area contributed by atoms with Gasteiger partial charge in [0.15, 0.2) is 0 Å². The molecule has 0 bridgehead atoms. The number of nitrogens with zero attached hydrogens (tertiary/aromatic N) is 3. The standard InChI is InChI=1S/C58H62GeN3O.Pt/c1-56(2,3)44-32-42(31-43(33-44)50-30-38(28-29-60-50)37-59(10,11)12)46-24-19-25-52-53(46)61-55(48-35-45(57(4,5)6)36-49(54(48)63)58(7,8)9)62(52)51-27-26-41(39-20-15-13-16-21-39)34-47(51)40-22-17-14-18-23-40;/h13-30,32-36,63H,37H2,1-12H3;/q-1;/i37D2;. The maximum Gasteiger partial charge on any atom is 0 e. The Labute approximate surface area is 401 Å². The topological polar surface area (TPSA) is 50.9 Å². The molecule has 0 aliphatic rings. The number of rotatable bonds is 8. The minimum atomic E-state index is -2.83. The van der Waals surface area contributed by atoms with Crippen molar-refractivity contribution < 1.29 is 28.9 Å². The third kappa shape index (κ3) is 9.80. The average molecular weight is 1090 g/mol. The molecule has 2 aromatic heterocycles. The molecule has 0 unspecified atom stereocenters. The van der Waals surface area contributed by atoms with Gasteiger partial charge in [-0.1, -0.05) is 114 Å². The van der Waals surface area contributed by atoms with Gasteiger partial charge in [0.05, 0.1) is 0 Å². The number of fused-ring (bicyclic) bond motifs is 1. The van der Waals surface area contributed by atoms with E-state index in [1.165, 1.54) is 0 Å². The van der Waals surface area contributed by atoms with Gasteiger partial charge in [0.2, 0.25) is 0 Å². The normalized spacial score (nSPS) is 13.1. The van der Waals surface area contributed by atoms with Gasteiger partial charge < -0.3 is 5.11 Å². The predicted molar refractivity (Wildman–Crippen MR) is 270 cm³/mol. The van der Waals surface area contributed by atoms with Crippen LogP contribution < -0.4 is 0 Å². The number of aromatic nitrogens is 3. The number of hydrogen-bond donors (Lipinski definition) is 1. The van der Waals surface area contributed by atoms with E-state index in [-0.39, 0.29) is 43.1 Å². The molecule has 2 heterocycles. The first kappa shape index (κ1) is 44.2. The molecule has 4 nitrogen and oxygen atoms in total. The fourth-order valence-electron chi connectivity index (χ4n) is 8.32. The molecular weight excluding hydrogens is 1020 g/mol. The van der Waals surface area contributed by atoms with Crippen molar-refractivity contribution in [2.45, 2.75) is 101 Å². The van der Waals surface area contributed by atoms with Crippen LogP contribution in [-0.4, -0.2) is 32.9 Å². The molecule has 8 aromatic rings. The van der Waals surface area contributed by atoms with E-state index in [1.54, 1.807) is 6.20 Å². The van der Waals surface area contributed by atoms with Crippen molar-refractivity contribution in [2.75, 3.05) is 0 Å². The molecule has 330 valence electrons. The van der Waals surface area contributed by atoms with Gasteiger partial charge in [-0.2, -0.15) is 0 Å². The first-order chi connectivity index (χ1) is 30.4. The van der Waals surface area contributed by atoms with Crippen molar-refractivity contribution in [1.82, 2.24) is 14.5 Å². The Kier molecular flexibility index (Phi) is 12.3. The molecule has 0 fully saturated rings. The molecule has 8 rings (SSSR count). The summed E-state index contributed by atoms with van der Waals surface area (Å²) >= 11 is -2.83. The maximum absolute atomic E-state index is 12.6. The number of phenolic OH excluding ortho intramolecular Hbond substituents is 1. The van der Waals surface area contributed by atoms with E-state index in [1.807, 2.05) is 24.3 Å². The van der Waals surface area contributed by atoms with E-state index in [0.29, 0.717) is 22.6 Å². The summed E-state index contributed by atoms with van der Waals surface area (Å²) in [6.07, 6.45) is 1.74. The molecule has 0 amide bonds. The first-order valence-electron chi connectivity index (χ1n) is 23.1. The van der Waals surface area contributed by atoms with Gasteiger partial charge >= 0.3 is 196 Å². The predicted octanol–water partition coefficient (Wildman–Crippen LogP) is 15.6. The van der Waals surface area contributed by atoms with Gasteiger partial charge in [-0.3, -0.25) is 0 Å². The number of hydrogen-bond acceptors (Lipinski definition) is 3. The molecule has 0 saturated carbocycles. The largest absolute Gasteiger partial charge is 0 e. The van der Waals surface area contributed by atoms with Gasteiger partial charge in [-0.25, -0.2) is 0 Å². The van der Waals surface area contributed by atoms with Crippen molar-refractivity contribution in [3.05, 3.63) is 168 Å². The zero-order valence-corrected chi connectivity index (χ0v) is 43.8. The summed E-state index contributed by atoms with van der Waals surface area (Å²) in [7, 11) is 0. The van der Waals surface area contributed by atoms with Gasteiger partial charge in [-0.05, 0) is 51.3 Å². The molecule has 1 N–H and O–H groups in total. The van der Waals surface area contributed by atoms with E-state index in [2.05, 4.69) is 199 Å². The monoisotopic (exact) mass is 1090 g/mol. The van der Waals surface area contributed by atoms with Crippen LogP contribution in [0.3, 0.4) is 0 Å². The quantitative estimate of drug-likeness (QED) is 0.122. The SMILES string of the molecule is [2H][C]([2H])(c1ccnc(-c2[c-]c(-c3cccc4c3nc(-c3cc(C(C)(C)C)cc(C(C)(C)C)c3O)n4-c3ccc(-c4ccccc4)cc3-c3ccccc3)cc(C(C)(C)C)c2)c1)[Ge]([CH3])([CH3])[CH3].[Pt]. The molecule has 6 heteroatoms. The summed E-state index contributed by atoms with van der Waals surface area (Å²) in [5, 5.41) is 11.2. The number of benzene rings is 6. The molecule has 0 atom stereocenters. The van der Waals surface area contributed by atoms with Crippen molar-refractivity contribution in [2.24, 2.45) is 0 Å². The third-order valence-electron chi connectivity index (χ3n) is 11.7. The van der Waals surface area contributed by atoms with Gasteiger partial charge in [-0.15, -0.1) is 0 Å². The second-order valence-electron chi connectivity index (χ2n) is 21.1. The molecule has 0 aliphatic carbocycles. The van der Waals surface area contributed by atoms with Crippen molar-refractivity contribution in [1.29, 1.82) is 0 Å². The van der Waals surface area contributed by atoms with Gasteiger partial charge in [0, 0.05) is 32.2 Å². The summed E-state index contributed by atoms with van der Waals surface area (Å²) in [6, 6.07) is 50.1. The Hall–Kier alpha value is -5.03. The number of para-hydroxylation sites is 1. The zero-order chi connectivity index (χ0) is 46.9. The van der Waals surface area contributed by atoms with Crippen LogP contribution in [-0.2, 0) is 42.5 Å². The zero-order valence-electron chi connectivity index (χ0n) is 41.4. The van der Waals surface area contributed by atoms with E-state index in [9.17, 15) is 5.11 Å². The third-order valence-corrected chi connectivity index (χ3v) is 13.9. The van der Waals surface area contributed by atoms with Crippen LogP contribution in [0.4, 0.5) is 0 Å². The van der Waals surface area contributed by atoms with Crippen LogP contribution in [0.15, 0.2) is 140 Å². The second-order valence-corrected chi connectivity index (χ2v) is 31.0. The van der Waals surface area contributed by atoms with E-state index in [0.717, 1.165) is 72.4 Å². The molecule has 64 heavy (non-hydrogen) atoms. The maximum atomic E-state index is 12.6. The number of imidazole rings is 1. The number of aromatic hydroxyl groups is 1. The van der Waals surface area contributed by atoms with Crippen molar-refractivity contribution >= 4 is 24.3 Å². The Morgan fingerprint density at radius 1 is 0.609 bits per heavy atom. The summed E-state index contributed by atoms with van der Waals surface area (Å²) in [5.41, 5.74) is 13.8. The molecule has 0 aliphatic heterocycles. The van der Waals surface area contributed by atoms with Crippen LogP contribution in [0.2, 0.25) is 17.3 Å². The fraction of sp³-hybridized carbons (Fsp3) is 0.276. The van der Waals surface area contributed by atoms with Crippen LogP contribution in [0.25, 0.3) is 72.7 Å². The van der Waals surface area contributed by atoms with Gasteiger partial charge in [0.1, 0.15) is 5.75 Å². The van der Waals surface area contributed by atoms with E-state index < -0.39 is 18.5 Å². The molecule has 0 radical (unpaired) electrons. The van der Waals surface area contributed by atoms with Crippen LogP contribution >= 0.6 is 0 Å². The van der Waals surface area contributed by atoms with Crippen molar-refractivity contribution in [3.63, 3.8) is 0 Å². The minimum absolute atomic E-state index is 0.